The van der Waals surface area contributed by atoms with Gasteiger partial charge in [-0.15, -0.1) is 10.2 Å². The molecule has 168 valence electrons. The van der Waals surface area contributed by atoms with Gasteiger partial charge in [0, 0.05) is 5.56 Å². The number of nitrogens with two attached hydrogens (primary N) is 1. The van der Waals surface area contributed by atoms with Gasteiger partial charge in [0.05, 0.1) is 23.6 Å². The molecular formula is C22H24ClN5O3S. The van der Waals surface area contributed by atoms with Crippen LogP contribution >= 0.6 is 23.4 Å². The largest absolute Gasteiger partial charge is 0.495 e. The number of hydrogen-bond donors (Lipinski definition) is 2. The van der Waals surface area contributed by atoms with Crippen molar-refractivity contribution >= 4 is 35.3 Å². The minimum atomic E-state index is -0.904. The Morgan fingerprint density at radius 2 is 1.84 bits per heavy atom. The number of hydrogen-bond acceptors (Lipinski definition) is 6. The van der Waals surface area contributed by atoms with E-state index < -0.39 is 11.9 Å². The monoisotopic (exact) mass is 473 g/mol. The number of primary amides is 1. The number of thioether (sulfide) groups is 1. The average Bonchev–Trinajstić information content (AvgIpc) is 3.15. The summed E-state index contributed by atoms with van der Waals surface area (Å²) in [7, 11) is 1.54. The molecule has 2 aromatic carbocycles. The van der Waals surface area contributed by atoms with E-state index in [4.69, 9.17) is 22.1 Å². The number of carbonyl (C=O) groups is 2. The third-order valence-corrected chi connectivity index (χ3v) is 5.86. The summed E-state index contributed by atoms with van der Waals surface area (Å²) in [6, 6.07) is 12.5. The highest BCUT2D eigenvalue weighted by Gasteiger charge is 2.20. The molecule has 0 saturated heterocycles. The highest BCUT2D eigenvalue weighted by atomic mass is 35.5. The molecule has 10 heteroatoms. The number of ether oxygens (including phenoxy) is 1. The minimum absolute atomic E-state index is 0.0184. The standard InChI is InChI=1S/C22H24ClN5O3S/c1-22(2,3)14-7-5-13(6-8-14)19-26-27-21(32-12-18(29)25-20(24)30)28(19)15-9-10-17(31-4)16(23)11-15/h5-11H,12H2,1-4H3,(H3,24,25,29,30). The number of rotatable bonds is 6. The second-order valence-corrected chi connectivity index (χ2v) is 9.34. The van der Waals surface area contributed by atoms with Crippen LogP contribution in [-0.4, -0.2) is 39.6 Å². The predicted octanol–water partition coefficient (Wildman–Crippen LogP) is 4.18. The van der Waals surface area contributed by atoms with E-state index >= 15 is 0 Å². The van der Waals surface area contributed by atoms with Crippen molar-refractivity contribution in [1.82, 2.24) is 20.1 Å². The van der Waals surface area contributed by atoms with Crippen molar-refractivity contribution in [2.75, 3.05) is 12.9 Å². The molecule has 0 fully saturated rings. The number of methoxy groups -OCH3 is 1. The first-order valence-electron chi connectivity index (χ1n) is 9.72. The molecule has 0 aliphatic rings. The molecule has 3 aromatic rings. The third kappa shape index (κ3) is 5.41. The van der Waals surface area contributed by atoms with Gasteiger partial charge in [-0.05, 0) is 29.2 Å². The third-order valence-electron chi connectivity index (χ3n) is 4.63. The van der Waals surface area contributed by atoms with Crippen LogP contribution in [0.2, 0.25) is 5.02 Å². The Morgan fingerprint density at radius 1 is 1.16 bits per heavy atom. The fourth-order valence-corrected chi connectivity index (χ4v) is 4.00. The number of amides is 3. The molecule has 0 spiro atoms. The van der Waals surface area contributed by atoms with E-state index in [9.17, 15) is 9.59 Å². The first kappa shape index (κ1) is 23.6. The number of nitrogens with zero attached hydrogens (tertiary/aromatic N) is 3. The molecule has 1 aromatic heterocycles. The molecule has 0 unspecified atom stereocenters. The van der Waals surface area contributed by atoms with Gasteiger partial charge in [0.25, 0.3) is 0 Å². The highest BCUT2D eigenvalue weighted by molar-refractivity contribution is 7.99. The minimum Gasteiger partial charge on any atom is -0.495 e. The van der Waals surface area contributed by atoms with Crippen molar-refractivity contribution in [2.24, 2.45) is 5.73 Å². The first-order chi connectivity index (χ1) is 15.1. The Balaban J connectivity index is 2.04. The van der Waals surface area contributed by atoms with E-state index in [0.717, 1.165) is 17.3 Å². The van der Waals surface area contributed by atoms with Crippen LogP contribution in [0.1, 0.15) is 26.3 Å². The normalized spacial score (nSPS) is 11.3. The lowest BCUT2D eigenvalue weighted by molar-refractivity contribution is -0.117. The Morgan fingerprint density at radius 3 is 2.41 bits per heavy atom. The molecule has 3 rings (SSSR count). The van der Waals surface area contributed by atoms with Crippen molar-refractivity contribution in [3.63, 3.8) is 0 Å². The highest BCUT2D eigenvalue weighted by Crippen LogP contribution is 2.33. The summed E-state index contributed by atoms with van der Waals surface area (Å²) in [5, 5.41) is 11.6. The van der Waals surface area contributed by atoms with E-state index in [1.807, 2.05) is 23.5 Å². The zero-order valence-electron chi connectivity index (χ0n) is 18.2. The molecule has 8 nitrogen and oxygen atoms in total. The van der Waals surface area contributed by atoms with Crippen LogP contribution in [0.4, 0.5) is 4.79 Å². The molecular weight excluding hydrogens is 450 g/mol. The van der Waals surface area contributed by atoms with Crippen LogP contribution in [0.5, 0.6) is 5.75 Å². The van der Waals surface area contributed by atoms with Crippen molar-refractivity contribution in [1.29, 1.82) is 0 Å². The zero-order valence-corrected chi connectivity index (χ0v) is 19.8. The van der Waals surface area contributed by atoms with Crippen molar-refractivity contribution in [3.8, 4) is 22.8 Å². The Kier molecular flexibility index (Phi) is 7.10. The molecule has 1 heterocycles. The number of halogens is 1. The van der Waals surface area contributed by atoms with E-state index in [2.05, 4.69) is 43.1 Å². The van der Waals surface area contributed by atoms with E-state index in [0.29, 0.717) is 27.4 Å². The predicted molar refractivity (Wildman–Crippen MR) is 126 cm³/mol. The van der Waals surface area contributed by atoms with Gasteiger partial charge in [0.1, 0.15) is 5.75 Å². The molecule has 3 amide bonds. The summed E-state index contributed by atoms with van der Waals surface area (Å²) in [5.41, 5.74) is 7.78. The number of urea groups is 1. The lowest BCUT2D eigenvalue weighted by Crippen LogP contribution is -2.36. The molecule has 0 saturated carbocycles. The molecule has 0 aliphatic heterocycles. The van der Waals surface area contributed by atoms with Crippen LogP contribution in [0, 0.1) is 0 Å². The van der Waals surface area contributed by atoms with Crippen molar-refractivity contribution < 1.29 is 14.3 Å². The molecule has 3 N–H and O–H groups in total. The summed E-state index contributed by atoms with van der Waals surface area (Å²) in [6.45, 7) is 6.45. The van der Waals surface area contributed by atoms with Crippen molar-refractivity contribution in [3.05, 3.63) is 53.1 Å². The Bertz CT molecular complexity index is 1140. The maximum Gasteiger partial charge on any atom is 0.318 e. The van der Waals surface area contributed by atoms with Gasteiger partial charge >= 0.3 is 6.03 Å². The fraction of sp³-hybridized carbons (Fsp3) is 0.273. The van der Waals surface area contributed by atoms with Gasteiger partial charge in [-0.3, -0.25) is 14.7 Å². The van der Waals surface area contributed by atoms with Gasteiger partial charge in [-0.2, -0.15) is 0 Å². The number of imide groups is 1. The van der Waals surface area contributed by atoms with E-state index in [1.54, 1.807) is 23.8 Å². The SMILES string of the molecule is COc1ccc(-n2c(SCC(=O)NC(N)=O)nnc2-c2ccc(C(C)(C)C)cc2)cc1Cl. The number of benzene rings is 2. The van der Waals surface area contributed by atoms with Gasteiger partial charge < -0.3 is 10.5 Å². The Hall–Kier alpha value is -3.04. The van der Waals surface area contributed by atoms with E-state index in [1.165, 1.54) is 5.56 Å². The van der Waals surface area contributed by atoms with Gasteiger partial charge in [-0.25, -0.2) is 4.79 Å². The summed E-state index contributed by atoms with van der Waals surface area (Å²) in [4.78, 5) is 22.8. The van der Waals surface area contributed by atoms with Crippen LogP contribution in [0.25, 0.3) is 17.1 Å². The first-order valence-corrected chi connectivity index (χ1v) is 11.1. The van der Waals surface area contributed by atoms with Crippen LogP contribution in [-0.2, 0) is 10.2 Å². The van der Waals surface area contributed by atoms with Crippen LogP contribution in [0.3, 0.4) is 0 Å². The lowest BCUT2D eigenvalue weighted by atomic mass is 9.87. The summed E-state index contributed by atoms with van der Waals surface area (Å²) in [5.74, 6) is 0.536. The van der Waals surface area contributed by atoms with Crippen molar-refractivity contribution in [2.45, 2.75) is 31.3 Å². The quantitative estimate of drug-likeness (QED) is 0.519. The maximum absolute atomic E-state index is 11.9. The second-order valence-electron chi connectivity index (χ2n) is 7.99. The second kappa shape index (κ2) is 9.62. The molecule has 32 heavy (non-hydrogen) atoms. The van der Waals surface area contributed by atoms with Crippen LogP contribution in [0.15, 0.2) is 47.6 Å². The zero-order chi connectivity index (χ0) is 23.5. The number of aromatic nitrogens is 3. The topological polar surface area (TPSA) is 112 Å². The van der Waals surface area contributed by atoms with E-state index in [-0.39, 0.29) is 11.2 Å². The Labute approximate surface area is 195 Å². The number of carbonyl (C=O) groups excluding carboxylic acids is 2. The summed E-state index contributed by atoms with van der Waals surface area (Å²) in [6.07, 6.45) is 0. The molecule has 0 aliphatic carbocycles. The fourth-order valence-electron chi connectivity index (χ4n) is 3.00. The maximum atomic E-state index is 11.9. The van der Waals surface area contributed by atoms with Gasteiger partial charge in [0.2, 0.25) is 5.91 Å². The number of nitrogens with one attached hydrogen (secondary N) is 1. The molecule has 0 atom stereocenters. The van der Waals surface area contributed by atoms with Gasteiger partial charge in [0.15, 0.2) is 11.0 Å². The average molecular weight is 474 g/mol. The molecule has 0 radical (unpaired) electrons. The lowest BCUT2D eigenvalue weighted by Gasteiger charge is -2.19. The summed E-state index contributed by atoms with van der Waals surface area (Å²) >= 11 is 7.48. The smallest absolute Gasteiger partial charge is 0.318 e. The summed E-state index contributed by atoms with van der Waals surface area (Å²) < 4.78 is 7.05. The van der Waals surface area contributed by atoms with Gasteiger partial charge in [-0.1, -0.05) is 68.4 Å². The molecule has 0 bridgehead atoms. The van der Waals surface area contributed by atoms with Crippen LogP contribution < -0.4 is 15.8 Å².